The van der Waals surface area contributed by atoms with Crippen LogP contribution in [0.5, 0.6) is 5.75 Å². The van der Waals surface area contributed by atoms with Gasteiger partial charge in [0.15, 0.2) is 0 Å². The molecular weight excluding hydrogens is 236 g/mol. The fourth-order valence-corrected chi connectivity index (χ4v) is 2.35. The van der Waals surface area contributed by atoms with E-state index in [0.717, 1.165) is 35.1 Å². The minimum absolute atomic E-state index is 0.462. The van der Waals surface area contributed by atoms with Crippen LogP contribution >= 0.6 is 11.6 Å². The Balaban J connectivity index is 2.11. The number of hydrogen-bond acceptors (Lipinski definition) is 2. The lowest BCUT2D eigenvalue weighted by atomic mass is 10.3. The van der Waals surface area contributed by atoms with Gasteiger partial charge in [0.2, 0.25) is 0 Å². The van der Waals surface area contributed by atoms with Gasteiger partial charge in [-0.2, -0.15) is 0 Å². The van der Waals surface area contributed by atoms with E-state index >= 15 is 0 Å². The number of rotatable bonds is 4. The first-order chi connectivity index (χ1) is 8.31. The Morgan fingerprint density at radius 2 is 2.29 bits per heavy atom. The van der Waals surface area contributed by atoms with Crippen molar-refractivity contribution in [2.24, 2.45) is 5.92 Å². The lowest BCUT2D eigenvalue weighted by Crippen LogP contribution is -2.03. The fourth-order valence-electron chi connectivity index (χ4n) is 2.14. The maximum Gasteiger partial charge on any atom is 0.124 e. The van der Waals surface area contributed by atoms with Crippen LogP contribution in [0.1, 0.15) is 18.7 Å². The lowest BCUT2D eigenvalue weighted by Gasteiger charge is -2.07. The topological polar surface area (TPSA) is 27.1 Å². The van der Waals surface area contributed by atoms with Gasteiger partial charge in [0, 0.05) is 12.6 Å². The number of hydrogen-bond donors (Lipinski definition) is 0. The second kappa shape index (κ2) is 4.22. The lowest BCUT2D eigenvalue weighted by molar-refractivity contribution is 0.415. The minimum atomic E-state index is 0.462. The first-order valence-corrected chi connectivity index (χ1v) is 6.44. The summed E-state index contributed by atoms with van der Waals surface area (Å²) in [6.45, 7) is 1.03. The van der Waals surface area contributed by atoms with Crippen molar-refractivity contribution >= 4 is 22.6 Å². The highest BCUT2D eigenvalue weighted by Crippen LogP contribution is 2.33. The molecule has 1 heterocycles. The smallest absolute Gasteiger partial charge is 0.124 e. The molecule has 1 aromatic heterocycles. The van der Waals surface area contributed by atoms with Crippen molar-refractivity contribution in [2.75, 3.05) is 7.11 Å². The Labute approximate surface area is 105 Å². The average molecular weight is 251 g/mol. The second-order valence-corrected chi connectivity index (χ2v) is 4.84. The molecule has 1 aliphatic carbocycles. The van der Waals surface area contributed by atoms with Gasteiger partial charge in [0.25, 0.3) is 0 Å². The van der Waals surface area contributed by atoms with E-state index < -0.39 is 0 Å². The quantitative estimate of drug-likeness (QED) is 0.780. The van der Waals surface area contributed by atoms with Crippen molar-refractivity contribution in [3.8, 4) is 5.75 Å². The second-order valence-electron chi connectivity index (χ2n) is 4.57. The predicted molar refractivity (Wildman–Crippen MR) is 68.6 cm³/mol. The molecule has 3 rings (SSSR count). The summed E-state index contributed by atoms with van der Waals surface area (Å²) in [6, 6.07) is 5.98. The highest BCUT2D eigenvalue weighted by atomic mass is 35.5. The molecule has 0 aliphatic heterocycles. The molecule has 1 saturated carbocycles. The molecule has 4 heteroatoms. The van der Waals surface area contributed by atoms with Crippen LogP contribution in [0.3, 0.4) is 0 Å². The number of nitrogens with zero attached hydrogens (tertiary/aromatic N) is 2. The Kier molecular flexibility index (Phi) is 2.71. The molecule has 0 saturated heterocycles. The first kappa shape index (κ1) is 10.9. The molecule has 1 aromatic carbocycles. The van der Waals surface area contributed by atoms with Gasteiger partial charge in [-0.1, -0.05) is 0 Å². The Morgan fingerprint density at radius 3 is 2.94 bits per heavy atom. The van der Waals surface area contributed by atoms with Crippen LogP contribution in [0, 0.1) is 5.92 Å². The van der Waals surface area contributed by atoms with Crippen molar-refractivity contribution in [3.05, 3.63) is 24.0 Å². The molecule has 0 bridgehead atoms. The molecule has 1 fully saturated rings. The van der Waals surface area contributed by atoms with Gasteiger partial charge in [0.1, 0.15) is 11.6 Å². The van der Waals surface area contributed by atoms with Gasteiger partial charge >= 0.3 is 0 Å². The van der Waals surface area contributed by atoms with Crippen molar-refractivity contribution in [2.45, 2.75) is 25.3 Å². The highest BCUT2D eigenvalue weighted by molar-refractivity contribution is 6.16. The number of imidazole rings is 1. The van der Waals surface area contributed by atoms with E-state index in [9.17, 15) is 0 Å². The van der Waals surface area contributed by atoms with Crippen LogP contribution in [-0.2, 0) is 12.4 Å². The number of fused-ring (bicyclic) bond motifs is 1. The minimum Gasteiger partial charge on any atom is -0.497 e. The third-order valence-corrected chi connectivity index (χ3v) is 3.53. The van der Waals surface area contributed by atoms with Gasteiger partial charge in [-0.25, -0.2) is 4.98 Å². The Hall–Kier alpha value is -1.22. The summed E-state index contributed by atoms with van der Waals surface area (Å²) < 4.78 is 7.51. The van der Waals surface area contributed by atoms with Gasteiger partial charge in [-0.05, 0) is 30.9 Å². The van der Waals surface area contributed by atoms with Crippen LogP contribution in [0.2, 0.25) is 0 Å². The molecule has 0 N–H and O–H groups in total. The molecule has 0 amide bonds. The molecule has 1 aliphatic rings. The third-order valence-electron chi connectivity index (χ3n) is 3.29. The van der Waals surface area contributed by atoms with Crippen LogP contribution in [-0.4, -0.2) is 16.7 Å². The summed E-state index contributed by atoms with van der Waals surface area (Å²) in [5.74, 6) is 3.10. The number of benzene rings is 1. The number of alkyl halides is 1. The van der Waals surface area contributed by atoms with E-state index in [1.165, 1.54) is 12.8 Å². The third kappa shape index (κ3) is 2.00. The molecule has 2 aromatic rings. The van der Waals surface area contributed by atoms with E-state index in [4.69, 9.17) is 16.3 Å². The van der Waals surface area contributed by atoms with E-state index in [-0.39, 0.29) is 0 Å². The molecule has 0 spiro atoms. The van der Waals surface area contributed by atoms with Crippen molar-refractivity contribution in [3.63, 3.8) is 0 Å². The zero-order valence-corrected chi connectivity index (χ0v) is 10.6. The summed E-state index contributed by atoms with van der Waals surface area (Å²) in [6.07, 6.45) is 2.65. The van der Waals surface area contributed by atoms with Gasteiger partial charge in [-0.3, -0.25) is 0 Å². The van der Waals surface area contributed by atoms with Crippen LogP contribution in [0.15, 0.2) is 18.2 Å². The summed E-state index contributed by atoms with van der Waals surface area (Å²) in [5.41, 5.74) is 2.13. The molecule has 0 unspecified atom stereocenters. The van der Waals surface area contributed by atoms with Crippen LogP contribution in [0.4, 0.5) is 0 Å². The summed E-state index contributed by atoms with van der Waals surface area (Å²) >= 11 is 5.97. The Morgan fingerprint density at radius 1 is 1.47 bits per heavy atom. The monoisotopic (exact) mass is 250 g/mol. The molecular formula is C13H15ClN2O. The molecule has 90 valence electrons. The average Bonchev–Trinajstić information content (AvgIpc) is 3.11. The largest absolute Gasteiger partial charge is 0.497 e. The summed E-state index contributed by atoms with van der Waals surface area (Å²) in [7, 11) is 1.69. The van der Waals surface area contributed by atoms with Crippen LogP contribution in [0.25, 0.3) is 11.0 Å². The fraction of sp³-hybridized carbons (Fsp3) is 0.462. The number of halogens is 1. The van der Waals surface area contributed by atoms with E-state index in [1.54, 1.807) is 7.11 Å². The molecule has 0 atom stereocenters. The Bertz CT molecular complexity index is 546. The van der Waals surface area contributed by atoms with Gasteiger partial charge < -0.3 is 9.30 Å². The van der Waals surface area contributed by atoms with Crippen LogP contribution < -0.4 is 4.74 Å². The standard InChI is InChI=1S/C13H15ClN2O/c1-17-10-4-5-11-12(6-10)16(8-9-2-3-9)13(7-14)15-11/h4-6,9H,2-3,7-8H2,1H3. The van der Waals surface area contributed by atoms with E-state index in [2.05, 4.69) is 9.55 Å². The van der Waals surface area contributed by atoms with Crippen molar-refractivity contribution in [1.29, 1.82) is 0 Å². The van der Waals surface area contributed by atoms with E-state index in [1.807, 2.05) is 18.2 Å². The first-order valence-electron chi connectivity index (χ1n) is 5.91. The van der Waals surface area contributed by atoms with E-state index in [0.29, 0.717) is 5.88 Å². The SMILES string of the molecule is COc1ccc2nc(CCl)n(CC3CC3)c2c1. The molecule has 0 radical (unpaired) electrons. The van der Waals surface area contributed by atoms with Crippen molar-refractivity contribution in [1.82, 2.24) is 9.55 Å². The summed E-state index contributed by atoms with van der Waals surface area (Å²) in [5, 5.41) is 0. The normalized spacial score (nSPS) is 15.4. The zero-order chi connectivity index (χ0) is 11.8. The zero-order valence-electron chi connectivity index (χ0n) is 9.82. The molecule has 17 heavy (non-hydrogen) atoms. The summed E-state index contributed by atoms with van der Waals surface area (Å²) in [4.78, 5) is 4.56. The highest BCUT2D eigenvalue weighted by Gasteiger charge is 2.24. The maximum atomic E-state index is 5.97. The van der Waals surface area contributed by atoms with Crippen molar-refractivity contribution < 1.29 is 4.74 Å². The number of ether oxygens (including phenoxy) is 1. The maximum absolute atomic E-state index is 5.97. The van der Waals surface area contributed by atoms with Gasteiger partial charge in [0.05, 0.1) is 24.0 Å². The molecule has 3 nitrogen and oxygen atoms in total. The number of methoxy groups -OCH3 is 1. The number of aromatic nitrogens is 2. The van der Waals surface area contributed by atoms with Gasteiger partial charge in [-0.15, -0.1) is 11.6 Å². The predicted octanol–water partition coefficient (Wildman–Crippen LogP) is 3.19.